The first-order valence-corrected chi connectivity index (χ1v) is 9.85. The van der Waals surface area contributed by atoms with Crippen molar-refractivity contribution in [2.45, 2.75) is 86.0 Å². The zero-order chi connectivity index (χ0) is 17.9. The highest BCUT2D eigenvalue weighted by atomic mass is 14.3. The van der Waals surface area contributed by atoms with Gasteiger partial charge in [-0.15, -0.1) is 0 Å². The fraction of sp³-hybridized carbons (Fsp3) is 0.583. The van der Waals surface area contributed by atoms with E-state index in [0.29, 0.717) is 11.8 Å². The van der Waals surface area contributed by atoms with E-state index in [-0.39, 0.29) is 0 Å². The quantitative estimate of drug-likeness (QED) is 0.484. The summed E-state index contributed by atoms with van der Waals surface area (Å²) in [5.74, 6) is 1.11. The van der Waals surface area contributed by atoms with Crippen molar-refractivity contribution in [3.8, 4) is 0 Å². The minimum atomic E-state index is 0.516. The van der Waals surface area contributed by atoms with Crippen molar-refractivity contribution in [2.75, 3.05) is 0 Å². The average molecular weight is 325 g/mol. The molecule has 0 spiro atoms. The molecule has 2 rings (SSSR count). The Hall–Kier alpha value is -1.30. The van der Waals surface area contributed by atoms with Gasteiger partial charge in [0.25, 0.3) is 0 Å². The molecule has 2 atom stereocenters. The van der Waals surface area contributed by atoms with Crippen LogP contribution in [0.2, 0.25) is 0 Å². The molecular formula is C24H36. The van der Waals surface area contributed by atoms with Crippen LogP contribution in [0.25, 0.3) is 0 Å². The molecule has 0 saturated heterocycles. The van der Waals surface area contributed by atoms with Crippen LogP contribution in [0.15, 0.2) is 29.9 Å². The molecule has 132 valence electrons. The molecule has 0 amide bonds. The van der Waals surface area contributed by atoms with Crippen LogP contribution < -0.4 is 0 Å². The van der Waals surface area contributed by atoms with E-state index < -0.39 is 0 Å². The van der Waals surface area contributed by atoms with Crippen LogP contribution in [0.5, 0.6) is 0 Å². The van der Waals surface area contributed by atoms with E-state index in [1.165, 1.54) is 43.2 Å². The second-order valence-electron chi connectivity index (χ2n) is 7.86. The number of rotatable bonds is 6. The van der Waals surface area contributed by atoms with Gasteiger partial charge in [-0.1, -0.05) is 50.1 Å². The molecule has 0 heteroatoms. The first kappa shape index (κ1) is 19.0. The molecule has 1 aromatic rings. The second-order valence-corrected chi connectivity index (χ2v) is 7.86. The van der Waals surface area contributed by atoms with Crippen LogP contribution in [-0.2, 0) is 12.8 Å². The minimum absolute atomic E-state index is 0.516. The largest absolute Gasteiger partial charge is 0.0998 e. The topological polar surface area (TPSA) is 0 Å². The molecular weight excluding hydrogens is 288 g/mol. The lowest BCUT2D eigenvalue weighted by Gasteiger charge is -2.33. The van der Waals surface area contributed by atoms with Crippen LogP contribution in [-0.4, -0.2) is 0 Å². The summed E-state index contributed by atoms with van der Waals surface area (Å²) in [5, 5.41) is 0. The van der Waals surface area contributed by atoms with Crippen molar-refractivity contribution in [1.82, 2.24) is 0 Å². The normalized spacial score (nSPS) is 20.8. The van der Waals surface area contributed by atoms with E-state index >= 15 is 0 Å². The molecule has 0 aromatic heterocycles. The molecule has 24 heavy (non-hydrogen) atoms. The Labute approximate surface area is 150 Å². The standard InChI is InChI=1S/C24H36/c1-8-10-11-20-15-18(6)24(19(7)21(20)9-2)23-14-17(5)12-13-22(23)16(3)4/h14-15,22-23H,3,8-13H2,1-2,4-7H3. The number of hydrogen-bond acceptors (Lipinski definition) is 0. The Bertz CT molecular complexity index is 630. The highest BCUT2D eigenvalue weighted by Crippen LogP contribution is 2.43. The molecule has 0 N–H and O–H groups in total. The molecule has 0 nitrogen and oxygen atoms in total. The number of aryl methyl sites for hydroxylation is 2. The molecule has 0 heterocycles. The Balaban J connectivity index is 2.56. The van der Waals surface area contributed by atoms with Crippen molar-refractivity contribution >= 4 is 0 Å². The van der Waals surface area contributed by atoms with Crippen LogP contribution in [0.4, 0.5) is 0 Å². The maximum atomic E-state index is 4.31. The second kappa shape index (κ2) is 8.19. The lowest BCUT2D eigenvalue weighted by atomic mass is 9.71. The maximum absolute atomic E-state index is 4.31. The van der Waals surface area contributed by atoms with Crippen molar-refractivity contribution in [1.29, 1.82) is 0 Å². The Morgan fingerprint density at radius 1 is 1.21 bits per heavy atom. The summed E-state index contributed by atoms with van der Waals surface area (Å²) in [5.41, 5.74) is 10.7. The maximum Gasteiger partial charge on any atom is 0.00912 e. The Morgan fingerprint density at radius 2 is 1.92 bits per heavy atom. The number of unbranched alkanes of at least 4 members (excludes halogenated alkanes) is 1. The van der Waals surface area contributed by atoms with Gasteiger partial charge in [-0.05, 0) is 93.5 Å². The highest BCUT2D eigenvalue weighted by molar-refractivity contribution is 5.49. The molecule has 0 aliphatic heterocycles. The first-order valence-electron chi connectivity index (χ1n) is 9.85. The van der Waals surface area contributed by atoms with Gasteiger partial charge in [0.2, 0.25) is 0 Å². The van der Waals surface area contributed by atoms with Crippen molar-refractivity contribution < 1.29 is 0 Å². The van der Waals surface area contributed by atoms with Gasteiger partial charge in [-0.25, -0.2) is 0 Å². The SMILES string of the molecule is C=C(C)C1CCC(C)=CC1c1c(C)cc(CCCC)c(CC)c1C. The molecule has 1 aliphatic carbocycles. The molecule has 1 aromatic carbocycles. The fourth-order valence-electron chi connectivity index (χ4n) is 4.63. The number of benzene rings is 1. The Morgan fingerprint density at radius 3 is 2.50 bits per heavy atom. The molecule has 1 aliphatic rings. The van der Waals surface area contributed by atoms with Gasteiger partial charge in [0.05, 0.1) is 0 Å². The Kier molecular flexibility index (Phi) is 6.49. The summed E-state index contributed by atoms with van der Waals surface area (Å²) in [6.07, 6.45) is 9.94. The molecule has 2 unspecified atom stereocenters. The molecule has 0 saturated carbocycles. The zero-order valence-corrected chi connectivity index (χ0v) is 16.8. The predicted molar refractivity (Wildman–Crippen MR) is 108 cm³/mol. The van der Waals surface area contributed by atoms with Crippen LogP contribution in [0.1, 0.15) is 87.1 Å². The van der Waals surface area contributed by atoms with Gasteiger partial charge < -0.3 is 0 Å². The van der Waals surface area contributed by atoms with Crippen LogP contribution in [0.3, 0.4) is 0 Å². The van der Waals surface area contributed by atoms with Crippen molar-refractivity contribution in [3.63, 3.8) is 0 Å². The molecule has 0 radical (unpaired) electrons. The molecule has 0 fully saturated rings. The smallest absolute Gasteiger partial charge is 0.00912 e. The van der Waals surface area contributed by atoms with E-state index in [9.17, 15) is 0 Å². The third-order valence-corrected chi connectivity index (χ3v) is 5.93. The summed E-state index contributed by atoms with van der Waals surface area (Å²) in [6.45, 7) is 18.1. The van der Waals surface area contributed by atoms with Crippen molar-refractivity contribution in [2.24, 2.45) is 5.92 Å². The number of hydrogen-bond donors (Lipinski definition) is 0. The zero-order valence-electron chi connectivity index (χ0n) is 16.8. The van der Waals surface area contributed by atoms with Gasteiger partial charge >= 0.3 is 0 Å². The monoisotopic (exact) mass is 324 g/mol. The van der Waals surface area contributed by atoms with Crippen LogP contribution in [0, 0.1) is 19.8 Å². The van der Waals surface area contributed by atoms with Crippen molar-refractivity contribution in [3.05, 3.63) is 57.7 Å². The summed E-state index contributed by atoms with van der Waals surface area (Å²) >= 11 is 0. The van der Waals surface area contributed by atoms with E-state index in [2.05, 4.69) is 60.3 Å². The summed E-state index contributed by atoms with van der Waals surface area (Å²) in [7, 11) is 0. The van der Waals surface area contributed by atoms with Gasteiger partial charge in [-0.3, -0.25) is 0 Å². The number of allylic oxidation sites excluding steroid dienone is 3. The van der Waals surface area contributed by atoms with E-state index in [1.54, 1.807) is 27.8 Å². The van der Waals surface area contributed by atoms with Gasteiger partial charge in [-0.2, -0.15) is 0 Å². The van der Waals surface area contributed by atoms with E-state index in [0.717, 1.165) is 6.42 Å². The van der Waals surface area contributed by atoms with E-state index in [1.807, 2.05) is 0 Å². The third-order valence-electron chi connectivity index (χ3n) is 5.93. The average Bonchev–Trinajstić information content (AvgIpc) is 2.52. The van der Waals surface area contributed by atoms with E-state index in [4.69, 9.17) is 0 Å². The van der Waals surface area contributed by atoms with Gasteiger partial charge in [0.1, 0.15) is 0 Å². The van der Waals surface area contributed by atoms with Gasteiger partial charge in [0, 0.05) is 5.92 Å². The highest BCUT2D eigenvalue weighted by Gasteiger charge is 2.29. The van der Waals surface area contributed by atoms with Gasteiger partial charge in [0.15, 0.2) is 0 Å². The van der Waals surface area contributed by atoms with Crippen LogP contribution >= 0.6 is 0 Å². The fourth-order valence-corrected chi connectivity index (χ4v) is 4.63. The summed E-state index contributed by atoms with van der Waals surface area (Å²) < 4.78 is 0. The first-order chi connectivity index (χ1) is 11.4. The summed E-state index contributed by atoms with van der Waals surface area (Å²) in [6, 6.07) is 2.49. The lowest BCUT2D eigenvalue weighted by Crippen LogP contribution is -2.19. The minimum Gasteiger partial charge on any atom is -0.0998 e. The third kappa shape index (κ3) is 3.85. The molecule has 0 bridgehead atoms. The predicted octanol–water partition coefficient (Wildman–Crippen LogP) is 7.22. The summed E-state index contributed by atoms with van der Waals surface area (Å²) in [4.78, 5) is 0. The lowest BCUT2D eigenvalue weighted by molar-refractivity contribution is 0.480.